The third-order valence-electron chi connectivity index (χ3n) is 4.06. The van der Waals surface area contributed by atoms with Crippen LogP contribution < -0.4 is 15.8 Å². The number of nitrogen functional groups attached to an aromatic ring is 1. The van der Waals surface area contributed by atoms with E-state index in [2.05, 4.69) is 20.3 Å². The Balaban J connectivity index is 1.51. The van der Waals surface area contributed by atoms with Crippen molar-refractivity contribution in [1.29, 1.82) is 5.26 Å². The van der Waals surface area contributed by atoms with E-state index < -0.39 is 0 Å². The summed E-state index contributed by atoms with van der Waals surface area (Å²) in [6.07, 6.45) is 1.52. The maximum atomic E-state index is 9.68. The predicted molar refractivity (Wildman–Crippen MR) is 112 cm³/mol. The Kier molecular flexibility index (Phi) is 5.09. The molecule has 0 unspecified atom stereocenters. The van der Waals surface area contributed by atoms with Gasteiger partial charge < -0.3 is 20.9 Å². The monoisotopic (exact) mass is 396 g/mol. The van der Waals surface area contributed by atoms with E-state index in [9.17, 15) is 5.11 Å². The van der Waals surface area contributed by atoms with Crippen molar-refractivity contribution in [2.45, 2.75) is 0 Å². The molecule has 4 rings (SSSR count). The van der Waals surface area contributed by atoms with E-state index in [-0.39, 0.29) is 11.4 Å². The summed E-state index contributed by atoms with van der Waals surface area (Å²) in [5.74, 6) is 2.48. The van der Waals surface area contributed by atoms with Crippen molar-refractivity contribution in [3.8, 4) is 34.7 Å². The van der Waals surface area contributed by atoms with Gasteiger partial charge in [-0.1, -0.05) is 12.1 Å². The molecule has 0 saturated heterocycles. The number of nitrogens with zero attached hydrogens (tertiary/aromatic N) is 4. The minimum atomic E-state index is 0.125. The second kappa shape index (κ2) is 8.16. The molecule has 8 heteroatoms. The molecule has 4 aromatic rings. The van der Waals surface area contributed by atoms with Crippen LogP contribution >= 0.6 is 0 Å². The predicted octanol–water partition coefficient (Wildman–Crippen LogP) is 4.23. The summed E-state index contributed by atoms with van der Waals surface area (Å²) in [5.41, 5.74) is 7.64. The van der Waals surface area contributed by atoms with Gasteiger partial charge in [0, 0.05) is 29.6 Å². The molecule has 0 amide bonds. The van der Waals surface area contributed by atoms with Crippen molar-refractivity contribution < 1.29 is 9.84 Å². The van der Waals surface area contributed by atoms with Crippen molar-refractivity contribution >= 4 is 17.3 Å². The number of nitriles is 1. The van der Waals surface area contributed by atoms with Gasteiger partial charge in [-0.2, -0.15) is 5.26 Å². The summed E-state index contributed by atoms with van der Waals surface area (Å²) in [6, 6.07) is 20.7. The van der Waals surface area contributed by atoms with Crippen molar-refractivity contribution in [2.24, 2.45) is 0 Å². The molecule has 2 aromatic heterocycles. The fraction of sp³-hybridized carbons (Fsp3) is 0. The van der Waals surface area contributed by atoms with Crippen LogP contribution in [0.3, 0.4) is 0 Å². The third kappa shape index (κ3) is 4.43. The molecule has 0 aliphatic carbocycles. The van der Waals surface area contributed by atoms with Gasteiger partial charge in [0.2, 0.25) is 0 Å². The summed E-state index contributed by atoms with van der Waals surface area (Å²) >= 11 is 0. The average Bonchev–Trinajstić information content (AvgIpc) is 2.75. The van der Waals surface area contributed by atoms with Crippen LogP contribution in [0, 0.1) is 11.3 Å². The molecule has 0 aliphatic rings. The van der Waals surface area contributed by atoms with Crippen LogP contribution in [0.1, 0.15) is 5.69 Å². The van der Waals surface area contributed by atoms with E-state index in [1.165, 1.54) is 6.20 Å². The zero-order valence-corrected chi connectivity index (χ0v) is 15.6. The number of aromatic nitrogens is 3. The van der Waals surface area contributed by atoms with Crippen molar-refractivity contribution in [1.82, 2.24) is 15.0 Å². The molecule has 30 heavy (non-hydrogen) atoms. The number of rotatable bonds is 5. The molecular weight excluding hydrogens is 380 g/mol. The zero-order valence-electron chi connectivity index (χ0n) is 15.6. The average molecular weight is 396 g/mol. The zero-order chi connectivity index (χ0) is 20.9. The highest BCUT2D eigenvalue weighted by molar-refractivity contribution is 5.65. The Morgan fingerprint density at radius 2 is 1.80 bits per heavy atom. The summed E-state index contributed by atoms with van der Waals surface area (Å²) in [7, 11) is 0. The number of aromatic hydroxyl groups is 1. The van der Waals surface area contributed by atoms with Gasteiger partial charge in [0.15, 0.2) is 5.82 Å². The Morgan fingerprint density at radius 1 is 0.967 bits per heavy atom. The lowest BCUT2D eigenvalue weighted by Crippen LogP contribution is -2.01. The van der Waals surface area contributed by atoms with Crippen LogP contribution in [0.15, 0.2) is 72.9 Å². The number of anilines is 3. The van der Waals surface area contributed by atoms with E-state index in [0.29, 0.717) is 34.5 Å². The number of phenols is 1. The van der Waals surface area contributed by atoms with Crippen LogP contribution in [-0.4, -0.2) is 20.1 Å². The highest BCUT2D eigenvalue weighted by Crippen LogP contribution is 2.26. The van der Waals surface area contributed by atoms with E-state index in [1.807, 2.05) is 18.2 Å². The van der Waals surface area contributed by atoms with Gasteiger partial charge in [0.25, 0.3) is 0 Å². The largest absolute Gasteiger partial charge is 0.508 e. The van der Waals surface area contributed by atoms with Gasteiger partial charge in [-0.15, -0.1) is 0 Å². The Morgan fingerprint density at radius 3 is 2.57 bits per heavy atom. The number of hydrogen-bond donors (Lipinski definition) is 3. The standard InChI is InChI=1S/C22H16N6O2/c23-13-16-11-19(8-9-25-16)30-18-6-4-15(5-7-18)26-21-12-20(24)27-22(28-21)14-2-1-3-17(29)10-14/h1-12,29H,(H3,24,26,27,28). The molecule has 2 aromatic carbocycles. The lowest BCUT2D eigenvalue weighted by Gasteiger charge is -2.10. The minimum Gasteiger partial charge on any atom is -0.508 e. The summed E-state index contributed by atoms with van der Waals surface area (Å²) < 4.78 is 5.75. The highest BCUT2D eigenvalue weighted by atomic mass is 16.5. The third-order valence-corrected chi connectivity index (χ3v) is 4.06. The van der Waals surface area contributed by atoms with E-state index in [4.69, 9.17) is 15.7 Å². The van der Waals surface area contributed by atoms with Crippen molar-refractivity contribution in [3.05, 3.63) is 78.6 Å². The lowest BCUT2D eigenvalue weighted by atomic mass is 10.2. The molecule has 4 N–H and O–H groups in total. The molecular formula is C22H16N6O2. The smallest absolute Gasteiger partial charge is 0.163 e. The summed E-state index contributed by atoms with van der Waals surface area (Å²) in [5, 5.41) is 21.8. The number of nitrogens with two attached hydrogens (primary N) is 1. The van der Waals surface area contributed by atoms with Crippen LogP contribution in [0.2, 0.25) is 0 Å². The van der Waals surface area contributed by atoms with E-state index >= 15 is 0 Å². The molecule has 0 fully saturated rings. The number of nitrogens with one attached hydrogen (secondary N) is 1. The molecule has 0 aliphatic heterocycles. The Bertz CT molecular complexity index is 1240. The minimum absolute atomic E-state index is 0.125. The summed E-state index contributed by atoms with van der Waals surface area (Å²) in [4.78, 5) is 12.6. The number of benzene rings is 2. The maximum Gasteiger partial charge on any atom is 0.163 e. The van der Waals surface area contributed by atoms with Crippen LogP contribution in [0.25, 0.3) is 11.4 Å². The molecule has 0 radical (unpaired) electrons. The number of ether oxygens (including phenoxy) is 1. The first-order valence-corrected chi connectivity index (χ1v) is 8.94. The first-order valence-electron chi connectivity index (χ1n) is 8.94. The maximum absolute atomic E-state index is 9.68. The molecule has 0 bridgehead atoms. The number of hydrogen-bond acceptors (Lipinski definition) is 8. The molecule has 0 spiro atoms. The molecule has 2 heterocycles. The quantitative estimate of drug-likeness (QED) is 0.457. The fourth-order valence-electron chi connectivity index (χ4n) is 2.73. The molecule has 0 atom stereocenters. The van der Waals surface area contributed by atoms with Gasteiger partial charge in [0.05, 0.1) is 0 Å². The van der Waals surface area contributed by atoms with Crippen molar-refractivity contribution in [3.63, 3.8) is 0 Å². The Labute approximate surface area is 172 Å². The number of phenolic OH excluding ortho intramolecular Hbond substituents is 1. The van der Waals surface area contributed by atoms with Crippen LogP contribution in [0.5, 0.6) is 17.2 Å². The molecule has 0 saturated carbocycles. The van der Waals surface area contributed by atoms with E-state index in [1.54, 1.807) is 54.6 Å². The van der Waals surface area contributed by atoms with Gasteiger partial charge in [-0.3, -0.25) is 0 Å². The van der Waals surface area contributed by atoms with E-state index in [0.717, 1.165) is 5.69 Å². The topological polar surface area (TPSA) is 130 Å². The normalized spacial score (nSPS) is 10.2. The Hall–Kier alpha value is -4.64. The SMILES string of the molecule is N#Cc1cc(Oc2ccc(Nc3cc(N)nc(-c4cccc(O)c4)n3)cc2)ccn1. The highest BCUT2D eigenvalue weighted by Gasteiger charge is 2.07. The first kappa shape index (κ1) is 18.7. The molecule has 146 valence electrons. The molecule has 8 nitrogen and oxygen atoms in total. The second-order valence-corrected chi connectivity index (χ2v) is 6.29. The first-order chi connectivity index (χ1) is 14.6. The van der Waals surface area contributed by atoms with Crippen LogP contribution in [-0.2, 0) is 0 Å². The van der Waals surface area contributed by atoms with Gasteiger partial charge in [-0.25, -0.2) is 15.0 Å². The lowest BCUT2D eigenvalue weighted by molar-refractivity contribution is 0.475. The van der Waals surface area contributed by atoms with Crippen LogP contribution in [0.4, 0.5) is 17.3 Å². The second-order valence-electron chi connectivity index (χ2n) is 6.29. The van der Waals surface area contributed by atoms with Crippen molar-refractivity contribution in [2.75, 3.05) is 11.1 Å². The van der Waals surface area contributed by atoms with Gasteiger partial charge in [-0.05, 0) is 42.5 Å². The summed E-state index contributed by atoms with van der Waals surface area (Å²) in [6.45, 7) is 0. The van der Waals surface area contributed by atoms with Gasteiger partial charge in [0.1, 0.15) is 40.6 Å². The number of pyridine rings is 1. The van der Waals surface area contributed by atoms with Gasteiger partial charge >= 0.3 is 0 Å². The fourth-order valence-corrected chi connectivity index (χ4v) is 2.73.